The molecule has 2 unspecified atom stereocenters. The van der Waals surface area contributed by atoms with Gasteiger partial charge in [-0.1, -0.05) is 37.6 Å². The Morgan fingerprint density at radius 2 is 2.00 bits per heavy atom. The summed E-state index contributed by atoms with van der Waals surface area (Å²) in [6.07, 6.45) is 0.199. The van der Waals surface area contributed by atoms with Gasteiger partial charge in [-0.15, -0.1) is 11.8 Å². The Kier molecular flexibility index (Phi) is 5.17. The number of carboxylic acid groups (broad SMARTS) is 1. The van der Waals surface area contributed by atoms with Gasteiger partial charge in [0.05, 0.1) is 11.8 Å². The lowest BCUT2D eigenvalue weighted by Gasteiger charge is -2.29. The van der Waals surface area contributed by atoms with Gasteiger partial charge in [-0.3, -0.25) is 4.79 Å². The molecule has 1 amide bonds. The normalized spacial score (nSPS) is 21.8. The summed E-state index contributed by atoms with van der Waals surface area (Å²) >= 11 is 7.37. The van der Waals surface area contributed by atoms with Crippen LogP contribution in [0, 0.1) is 5.92 Å². The molecule has 1 N–H and O–H groups in total. The summed E-state index contributed by atoms with van der Waals surface area (Å²) in [5.74, 6) is -0.415. The molecule has 114 valence electrons. The van der Waals surface area contributed by atoms with Crippen molar-refractivity contribution < 1.29 is 14.7 Å². The van der Waals surface area contributed by atoms with E-state index in [9.17, 15) is 14.7 Å². The Morgan fingerprint density at radius 1 is 1.38 bits per heavy atom. The number of nitrogens with zero attached hydrogens (tertiary/aromatic N) is 1. The lowest BCUT2D eigenvalue weighted by molar-refractivity contribution is -0.149. The zero-order valence-corrected chi connectivity index (χ0v) is 13.5. The Labute approximate surface area is 133 Å². The molecule has 0 saturated carbocycles. The molecule has 1 saturated heterocycles. The summed E-state index contributed by atoms with van der Waals surface area (Å²) in [7, 11) is 0. The minimum Gasteiger partial charge on any atom is -0.480 e. The van der Waals surface area contributed by atoms with Crippen LogP contribution in [-0.4, -0.2) is 39.1 Å². The van der Waals surface area contributed by atoms with E-state index in [0.29, 0.717) is 10.8 Å². The molecule has 1 heterocycles. The second-order valence-corrected chi connectivity index (χ2v) is 7.01. The summed E-state index contributed by atoms with van der Waals surface area (Å²) in [6, 6.07) is 6.32. The van der Waals surface area contributed by atoms with Crippen molar-refractivity contribution in [3.8, 4) is 0 Å². The van der Waals surface area contributed by atoms with Crippen LogP contribution in [0.4, 0.5) is 0 Å². The van der Waals surface area contributed by atoms with Crippen molar-refractivity contribution in [1.82, 2.24) is 4.90 Å². The van der Waals surface area contributed by atoms with Crippen LogP contribution in [0.2, 0.25) is 5.02 Å². The highest BCUT2D eigenvalue weighted by atomic mass is 35.5. The molecular formula is C15H18ClNO3S. The maximum atomic E-state index is 12.5. The molecule has 0 aromatic heterocycles. The van der Waals surface area contributed by atoms with E-state index in [1.807, 2.05) is 13.8 Å². The van der Waals surface area contributed by atoms with Gasteiger partial charge in [0.2, 0.25) is 5.91 Å². The number of halogens is 1. The monoisotopic (exact) mass is 327 g/mol. The van der Waals surface area contributed by atoms with Crippen LogP contribution in [0.25, 0.3) is 0 Å². The van der Waals surface area contributed by atoms with Crippen molar-refractivity contribution in [2.45, 2.75) is 31.7 Å². The van der Waals surface area contributed by atoms with Crippen molar-refractivity contribution in [2.24, 2.45) is 5.92 Å². The zero-order valence-electron chi connectivity index (χ0n) is 12.0. The van der Waals surface area contributed by atoms with E-state index in [1.54, 1.807) is 24.3 Å². The van der Waals surface area contributed by atoms with Gasteiger partial charge in [0.25, 0.3) is 0 Å². The van der Waals surface area contributed by atoms with E-state index in [1.165, 1.54) is 16.7 Å². The SMILES string of the molecule is CC(C)C1SCC(C(=O)O)N1C(=O)Cc1ccc(Cl)cc1. The molecule has 1 aliphatic rings. The van der Waals surface area contributed by atoms with Crippen LogP contribution in [0.15, 0.2) is 24.3 Å². The first-order valence-corrected chi connectivity index (χ1v) is 8.23. The number of hydrogen-bond donors (Lipinski definition) is 1. The number of amides is 1. The van der Waals surface area contributed by atoms with Crippen molar-refractivity contribution in [3.05, 3.63) is 34.9 Å². The number of rotatable bonds is 4. The predicted molar refractivity (Wildman–Crippen MR) is 84.5 cm³/mol. The molecule has 1 fully saturated rings. The molecular weight excluding hydrogens is 310 g/mol. The number of benzene rings is 1. The van der Waals surface area contributed by atoms with Gasteiger partial charge in [0, 0.05) is 10.8 Å². The lowest BCUT2D eigenvalue weighted by Crippen LogP contribution is -2.47. The van der Waals surface area contributed by atoms with Crippen LogP contribution in [0.5, 0.6) is 0 Å². The third-order valence-electron chi connectivity index (χ3n) is 3.45. The van der Waals surface area contributed by atoms with Crippen LogP contribution >= 0.6 is 23.4 Å². The Hall–Kier alpha value is -1.20. The van der Waals surface area contributed by atoms with E-state index in [0.717, 1.165) is 5.56 Å². The summed E-state index contributed by atoms with van der Waals surface area (Å²) in [5.41, 5.74) is 0.841. The standard InChI is InChI=1S/C15H18ClNO3S/c1-9(2)14-17(12(8-21-14)15(19)20)13(18)7-10-3-5-11(16)6-4-10/h3-6,9,12,14H,7-8H2,1-2H3,(H,19,20). The van der Waals surface area contributed by atoms with Gasteiger partial charge in [-0.05, 0) is 23.6 Å². The van der Waals surface area contributed by atoms with Crippen molar-refractivity contribution in [2.75, 3.05) is 5.75 Å². The fourth-order valence-corrected chi connectivity index (χ4v) is 4.03. The van der Waals surface area contributed by atoms with E-state index < -0.39 is 12.0 Å². The van der Waals surface area contributed by atoms with Crippen LogP contribution in [0.1, 0.15) is 19.4 Å². The molecule has 0 aliphatic carbocycles. The van der Waals surface area contributed by atoms with Crippen molar-refractivity contribution in [3.63, 3.8) is 0 Å². The first kappa shape index (κ1) is 16.2. The Bertz CT molecular complexity index is 532. The number of carbonyl (C=O) groups excluding carboxylic acids is 1. The quantitative estimate of drug-likeness (QED) is 0.923. The van der Waals surface area contributed by atoms with Gasteiger partial charge >= 0.3 is 5.97 Å². The van der Waals surface area contributed by atoms with Gasteiger partial charge in [-0.2, -0.15) is 0 Å². The van der Waals surface area contributed by atoms with E-state index in [-0.39, 0.29) is 23.6 Å². The number of carboxylic acids is 1. The molecule has 0 spiro atoms. The number of aliphatic carboxylic acids is 1. The van der Waals surface area contributed by atoms with Gasteiger partial charge < -0.3 is 10.0 Å². The number of thioether (sulfide) groups is 1. The topological polar surface area (TPSA) is 57.6 Å². The van der Waals surface area contributed by atoms with Gasteiger partial charge in [0.15, 0.2) is 0 Å². The maximum Gasteiger partial charge on any atom is 0.327 e. The molecule has 2 rings (SSSR count). The highest BCUT2D eigenvalue weighted by molar-refractivity contribution is 8.00. The summed E-state index contributed by atoms with van der Waals surface area (Å²) < 4.78 is 0. The van der Waals surface area contributed by atoms with Gasteiger partial charge in [0.1, 0.15) is 6.04 Å². The first-order chi connectivity index (χ1) is 9.90. The molecule has 6 heteroatoms. The zero-order chi connectivity index (χ0) is 15.6. The Morgan fingerprint density at radius 3 is 2.52 bits per heavy atom. The lowest BCUT2D eigenvalue weighted by atomic mass is 10.1. The van der Waals surface area contributed by atoms with E-state index in [4.69, 9.17) is 11.6 Å². The smallest absolute Gasteiger partial charge is 0.327 e. The molecule has 1 aromatic rings. The average molecular weight is 328 g/mol. The third kappa shape index (κ3) is 3.71. The summed E-state index contributed by atoms with van der Waals surface area (Å²) in [6.45, 7) is 4.01. The Balaban J connectivity index is 2.16. The molecule has 4 nitrogen and oxygen atoms in total. The van der Waals surface area contributed by atoms with Crippen molar-refractivity contribution in [1.29, 1.82) is 0 Å². The summed E-state index contributed by atoms with van der Waals surface area (Å²) in [4.78, 5) is 25.4. The van der Waals surface area contributed by atoms with Crippen LogP contribution in [0.3, 0.4) is 0 Å². The average Bonchev–Trinajstić information content (AvgIpc) is 2.86. The molecule has 0 bridgehead atoms. The predicted octanol–water partition coefficient (Wildman–Crippen LogP) is 2.89. The highest BCUT2D eigenvalue weighted by Gasteiger charge is 2.42. The molecule has 21 heavy (non-hydrogen) atoms. The van der Waals surface area contributed by atoms with E-state index in [2.05, 4.69) is 0 Å². The number of carbonyl (C=O) groups is 2. The summed E-state index contributed by atoms with van der Waals surface area (Å²) in [5, 5.41) is 9.85. The third-order valence-corrected chi connectivity index (χ3v) is 5.32. The van der Waals surface area contributed by atoms with Crippen molar-refractivity contribution >= 4 is 35.2 Å². The second kappa shape index (κ2) is 6.71. The largest absolute Gasteiger partial charge is 0.480 e. The fraction of sp³-hybridized carbons (Fsp3) is 0.467. The highest BCUT2D eigenvalue weighted by Crippen LogP contribution is 2.34. The molecule has 2 atom stereocenters. The first-order valence-electron chi connectivity index (χ1n) is 6.80. The molecule has 0 radical (unpaired) electrons. The van der Waals surface area contributed by atoms with Crippen LogP contribution in [-0.2, 0) is 16.0 Å². The minimum absolute atomic E-state index is 0.0779. The van der Waals surface area contributed by atoms with Gasteiger partial charge in [-0.25, -0.2) is 4.79 Å². The maximum absolute atomic E-state index is 12.5. The number of hydrogen-bond acceptors (Lipinski definition) is 3. The van der Waals surface area contributed by atoms with E-state index >= 15 is 0 Å². The molecule has 1 aromatic carbocycles. The fourth-order valence-electron chi connectivity index (χ4n) is 2.42. The molecule has 1 aliphatic heterocycles. The minimum atomic E-state index is -0.935. The van der Waals surface area contributed by atoms with Crippen LogP contribution < -0.4 is 0 Å². The second-order valence-electron chi connectivity index (χ2n) is 5.43.